The van der Waals surface area contributed by atoms with Gasteiger partial charge in [-0.05, 0) is 42.8 Å². The third-order valence-electron chi connectivity index (χ3n) is 2.43. The van der Waals surface area contributed by atoms with E-state index in [0.29, 0.717) is 6.54 Å². The predicted octanol–water partition coefficient (Wildman–Crippen LogP) is 3.61. The van der Waals surface area contributed by atoms with Crippen LogP contribution >= 0.6 is 11.8 Å². The van der Waals surface area contributed by atoms with E-state index in [2.05, 4.69) is 6.92 Å². The van der Waals surface area contributed by atoms with Gasteiger partial charge in [0.2, 0.25) is 0 Å². The van der Waals surface area contributed by atoms with Crippen molar-refractivity contribution in [3.63, 3.8) is 0 Å². The molecule has 1 nitrogen and oxygen atoms in total. The lowest BCUT2D eigenvalue weighted by Gasteiger charge is -2.05. The zero-order chi connectivity index (χ0) is 11.8. The van der Waals surface area contributed by atoms with Crippen molar-refractivity contribution in [1.29, 1.82) is 0 Å². The Morgan fingerprint density at radius 1 is 1.31 bits per heavy atom. The molecule has 2 N–H and O–H groups in total. The summed E-state index contributed by atoms with van der Waals surface area (Å²) >= 11 is 1.61. The van der Waals surface area contributed by atoms with E-state index in [1.165, 1.54) is 12.8 Å². The van der Waals surface area contributed by atoms with E-state index in [0.717, 1.165) is 29.1 Å². The first-order chi connectivity index (χ1) is 7.77. The van der Waals surface area contributed by atoms with Crippen LogP contribution in [0.4, 0.5) is 4.39 Å². The van der Waals surface area contributed by atoms with E-state index in [-0.39, 0.29) is 5.82 Å². The van der Waals surface area contributed by atoms with Crippen molar-refractivity contribution in [2.45, 2.75) is 37.5 Å². The first kappa shape index (κ1) is 13.5. The fourth-order valence-corrected chi connectivity index (χ4v) is 2.45. The molecule has 0 bridgehead atoms. The maximum atomic E-state index is 13.6. The van der Waals surface area contributed by atoms with Gasteiger partial charge < -0.3 is 5.73 Å². The normalized spacial score (nSPS) is 10.7. The Hall–Kier alpha value is -0.540. The number of rotatable bonds is 7. The summed E-state index contributed by atoms with van der Waals surface area (Å²) in [6, 6.07) is 5.45. The second-order valence-corrected chi connectivity index (χ2v) is 5.00. The van der Waals surface area contributed by atoms with Gasteiger partial charge in [0.25, 0.3) is 0 Å². The molecule has 0 aliphatic heterocycles. The largest absolute Gasteiger partial charge is 0.330 e. The Kier molecular flexibility index (Phi) is 6.50. The molecule has 0 saturated carbocycles. The summed E-state index contributed by atoms with van der Waals surface area (Å²) in [6.45, 7) is 2.75. The van der Waals surface area contributed by atoms with Gasteiger partial charge in [0.15, 0.2) is 0 Å². The molecule has 3 heteroatoms. The second kappa shape index (κ2) is 7.69. The predicted molar refractivity (Wildman–Crippen MR) is 69.4 cm³/mol. The van der Waals surface area contributed by atoms with Gasteiger partial charge in [0.05, 0.1) is 0 Å². The number of halogens is 1. The van der Waals surface area contributed by atoms with Crippen molar-refractivity contribution in [2.24, 2.45) is 5.73 Å². The van der Waals surface area contributed by atoms with E-state index < -0.39 is 0 Å². The first-order valence-corrected chi connectivity index (χ1v) is 6.87. The number of thioether (sulfide) groups is 1. The Bertz CT molecular complexity index is 315. The average Bonchev–Trinajstić information content (AvgIpc) is 2.27. The molecule has 0 aliphatic carbocycles. The number of hydrogen-bond donors (Lipinski definition) is 1. The van der Waals surface area contributed by atoms with Crippen molar-refractivity contribution in [3.05, 3.63) is 29.6 Å². The van der Waals surface area contributed by atoms with Gasteiger partial charge in [-0.1, -0.05) is 25.8 Å². The van der Waals surface area contributed by atoms with Crippen LogP contribution < -0.4 is 5.73 Å². The van der Waals surface area contributed by atoms with Crippen LogP contribution in [0.15, 0.2) is 23.1 Å². The van der Waals surface area contributed by atoms with Crippen molar-refractivity contribution < 1.29 is 4.39 Å². The van der Waals surface area contributed by atoms with Crippen molar-refractivity contribution >= 4 is 11.8 Å². The van der Waals surface area contributed by atoms with E-state index in [1.807, 2.05) is 12.1 Å². The Morgan fingerprint density at radius 2 is 2.12 bits per heavy atom. The summed E-state index contributed by atoms with van der Waals surface area (Å²) in [4.78, 5) is 0.761. The van der Waals surface area contributed by atoms with Crippen molar-refractivity contribution in [3.8, 4) is 0 Å². The van der Waals surface area contributed by atoms with Gasteiger partial charge >= 0.3 is 0 Å². The zero-order valence-electron chi connectivity index (χ0n) is 9.84. The maximum absolute atomic E-state index is 13.6. The molecule has 1 rings (SSSR count). The smallest absolute Gasteiger partial charge is 0.137 e. The molecule has 0 fully saturated rings. The molecule has 0 unspecified atom stereocenters. The molecule has 0 aliphatic rings. The van der Waals surface area contributed by atoms with Gasteiger partial charge in [-0.25, -0.2) is 4.39 Å². The fraction of sp³-hybridized carbons (Fsp3) is 0.538. The molecule has 1 aromatic rings. The average molecular weight is 241 g/mol. The van der Waals surface area contributed by atoms with E-state index in [9.17, 15) is 4.39 Å². The Balaban J connectivity index is 2.47. The molecular formula is C13H20FNS. The van der Waals surface area contributed by atoms with Crippen LogP contribution in [0.25, 0.3) is 0 Å². The van der Waals surface area contributed by atoms with Crippen LogP contribution in [0.1, 0.15) is 31.7 Å². The standard InChI is InChI=1S/C13H20FNS/c1-2-3-4-9-16-13-6-5-11(7-8-15)10-12(13)14/h5-6,10H,2-4,7-9,15H2,1H3. The monoisotopic (exact) mass is 241 g/mol. The van der Waals surface area contributed by atoms with Crippen LogP contribution in [-0.2, 0) is 6.42 Å². The van der Waals surface area contributed by atoms with Gasteiger partial charge in [0, 0.05) is 4.90 Å². The van der Waals surface area contributed by atoms with E-state index in [1.54, 1.807) is 17.8 Å². The fourth-order valence-electron chi connectivity index (χ4n) is 1.52. The molecule has 90 valence electrons. The third kappa shape index (κ3) is 4.54. The Labute approximate surface area is 102 Å². The minimum atomic E-state index is -0.104. The number of unbranched alkanes of at least 4 members (excludes halogenated alkanes) is 2. The van der Waals surface area contributed by atoms with Crippen LogP contribution in [-0.4, -0.2) is 12.3 Å². The molecule has 0 aromatic heterocycles. The Morgan fingerprint density at radius 3 is 2.75 bits per heavy atom. The lowest BCUT2D eigenvalue weighted by Crippen LogP contribution is -2.03. The molecule has 1 aromatic carbocycles. The lowest BCUT2D eigenvalue weighted by atomic mass is 10.1. The van der Waals surface area contributed by atoms with Gasteiger partial charge in [-0.2, -0.15) is 0 Å². The summed E-state index contributed by atoms with van der Waals surface area (Å²) in [7, 11) is 0. The summed E-state index contributed by atoms with van der Waals surface area (Å²) in [5, 5.41) is 0. The molecule has 0 spiro atoms. The minimum absolute atomic E-state index is 0.104. The van der Waals surface area contributed by atoms with Gasteiger partial charge in [0.1, 0.15) is 5.82 Å². The van der Waals surface area contributed by atoms with Crippen LogP contribution in [0, 0.1) is 5.82 Å². The molecule has 0 saturated heterocycles. The molecule has 0 atom stereocenters. The molecular weight excluding hydrogens is 221 g/mol. The second-order valence-electron chi connectivity index (χ2n) is 3.86. The molecule has 0 radical (unpaired) electrons. The summed E-state index contributed by atoms with van der Waals surface area (Å²) in [5.41, 5.74) is 6.42. The lowest BCUT2D eigenvalue weighted by molar-refractivity contribution is 0.599. The highest BCUT2D eigenvalue weighted by atomic mass is 32.2. The summed E-state index contributed by atoms with van der Waals surface area (Å²) in [6.07, 6.45) is 4.33. The first-order valence-electron chi connectivity index (χ1n) is 5.89. The highest BCUT2D eigenvalue weighted by Crippen LogP contribution is 2.23. The third-order valence-corrected chi connectivity index (χ3v) is 3.57. The number of benzene rings is 1. The highest BCUT2D eigenvalue weighted by Gasteiger charge is 2.03. The van der Waals surface area contributed by atoms with Gasteiger partial charge in [-0.15, -0.1) is 11.8 Å². The van der Waals surface area contributed by atoms with Crippen LogP contribution in [0.3, 0.4) is 0 Å². The molecule has 0 heterocycles. The maximum Gasteiger partial charge on any atom is 0.137 e. The SMILES string of the molecule is CCCCCSc1ccc(CCN)cc1F. The topological polar surface area (TPSA) is 26.0 Å². The number of hydrogen-bond acceptors (Lipinski definition) is 2. The highest BCUT2D eigenvalue weighted by molar-refractivity contribution is 7.99. The van der Waals surface area contributed by atoms with E-state index in [4.69, 9.17) is 5.73 Å². The molecule has 16 heavy (non-hydrogen) atoms. The van der Waals surface area contributed by atoms with Crippen molar-refractivity contribution in [1.82, 2.24) is 0 Å². The van der Waals surface area contributed by atoms with E-state index >= 15 is 0 Å². The van der Waals surface area contributed by atoms with Crippen LogP contribution in [0.5, 0.6) is 0 Å². The van der Waals surface area contributed by atoms with Gasteiger partial charge in [-0.3, -0.25) is 0 Å². The minimum Gasteiger partial charge on any atom is -0.330 e. The summed E-state index contributed by atoms with van der Waals surface area (Å²) < 4.78 is 13.6. The molecule has 0 amide bonds. The summed E-state index contributed by atoms with van der Waals surface area (Å²) in [5.74, 6) is 0.897. The quantitative estimate of drug-likeness (QED) is 0.583. The zero-order valence-corrected chi connectivity index (χ0v) is 10.7. The van der Waals surface area contributed by atoms with Crippen LogP contribution in [0.2, 0.25) is 0 Å². The number of nitrogens with two attached hydrogens (primary N) is 1. The van der Waals surface area contributed by atoms with Crippen molar-refractivity contribution in [2.75, 3.05) is 12.3 Å².